The maximum absolute atomic E-state index is 10.7. The van der Waals surface area contributed by atoms with Crippen molar-refractivity contribution in [1.29, 1.82) is 0 Å². The molecule has 6 heteroatoms. The van der Waals surface area contributed by atoms with E-state index in [2.05, 4.69) is 20.8 Å². The second-order valence-electron chi connectivity index (χ2n) is 6.30. The van der Waals surface area contributed by atoms with Crippen molar-refractivity contribution in [2.45, 2.75) is 20.8 Å². The highest BCUT2D eigenvalue weighted by atomic mass is 35.5. The van der Waals surface area contributed by atoms with Gasteiger partial charge < -0.3 is 9.47 Å². The van der Waals surface area contributed by atoms with Gasteiger partial charge in [-0.3, -0.25) is 10.1 Å². The molecule has 0 unspecified atom stereocenters. The highest BCUT2D eigenvalue weighted by Gasteiger charge is 2.13. The van der Waals surface area contributed by atoms with Crippen LogP contribution in [0.25, 0.3) is 0 Å². The van der Waals surface area contributed by atoms with Gasteiger partial charge >= 0.3 is 0 Å². The van der Waals surface area contributed by atoms with E-state index in [4.69, 9.17) is 21.1 Å². The van der Waals surface area contributed by atoms with Gasteiger partial charge in [-0.05, 0) is 23.6 Å². The Labute approximate surface area is 139 Å². The minimum atomic E-state index is -0.503. The number of nitro benzene ring substituents is 1. The minimum absolute atomic E-state index is 0.0541. The second kappa shape index (κ2) is 6.87. The van der Waals surface area contributed by atoms with Crippen molar-refractivity contribution in [1.82, 2.24) is 0 Å². The van der Waals surface area contributed by atoms with Crippen molar-refractivity contribution < 1.29 is 14.4 Å². The Bertz CT molecular complexity index is 710. The first kappa shape index (κ1) is 17.1. The van der Waals surface area contributed by atoms with Crippen LogP contribution < -0.4 is 9.47 Å². The third-order valence-corrected chi connectivity index (χ3v) is 3.13. The smallest absolute Gasteiger partial charge is 0.271 e. The van der Waals surface area contributed by atoms with Crippen LogP contribution in [0.5, 0.6) is 17.2 Å². The van der Waals surface area contributed by atoms with E-state index in [0.29, 0.717) is 23.9 Å². The van der Waals surface area contributed by atoms with Crippen molar-refractivity contribution in [2.24, 2.45) is 5.41 Å². The van der Waals surface area contributed by atoms with Gasteiger partial charge in [0, 0.05) is 18.2 Å². The van der Waals surface area contributed by atoms with E-state index in [1.165, 1.54) is 18.2 Å². The third-order valence-electron chi connectivity index (χ3n) is 2.83. The van der Waals surface area contributed by atoms with Gasteiger partial charge in [-0.25, -0.2) is 0 Å². The number of nitrogens with zero attached hydrogens (tertiary/aromatic N) is 1. The van der Waals surface area contributed by atoms with Gasteiger partial charge in [-0.15, -0.1) is 0 Å². The van der Waals surface area contributed by atoms with Gasteiger partial charge in [-0.2, -0.15) is 0 Å². The average molecular weight is 336 g/mol. The maximum atomic E-state index is 10.7. The molecule has 0 radical (unpaired) electrons. The zero-order chi connectivity index (χ0) is 17.0. The molecule has 0 heterocycles. The van der Waals surface area contributed by atoms with Gasteiger partial charge in [0.25, 0.3) is 5.69 Å². The van der Waals surface area contributed by atoms with Gasteiger partial charge in [0.05, 0.1) is 16.6 Å². The van der Waals surface area contributed by atoms with E-state index in [-0.39, 0.29) is 16.1 Å². The molecule has 2 rings (SSSR count). The Balaban J connectivity index is 2.13. The molecule has 0 N–H and O–H groups in total. The quantitative estimate of drug-likeness (QED) is 0.537. The van der Waals surface area contributed by atoms with Crippen LogP contribution >= 0.6 is 11.6 Å². The van der Waals surface area contributed by atoms with E-state index in [0.717, 1.165) is 0 Å². The monoisotopic (exact) mass is 335 g/mol. The van der Waals surface area contributed by atoms with E-state index in [9.17, 15) is 10.1 Å². The number of non-ortho nitro benzene ring substituents is 1. The summed E-state index contributed by atoms with van der Waals surface area (Å²) in [6.07, 6.45) is 0. The lowest BCUT2D eigenvalue weighted by Crippen LogP contribution is -2.16. The van der Waals surface area contributed by atoms with Crippen molar-refractivity contribution >= 4 is 17.3 Å². The first-order valence-electron chi connectivity index (χ1n) is 7.09. The highest BCUT2D eigenvalue weighted by Crippen LogP contribution is 2.33. The Morgan fingerprint density at radius 3 is 2.43 bits per heavy atom. The zero-order valence-corrected chi connectivity index (χ0v) is 14.0. The molecule has 23 heavy (non-hydrogen) atoms. The first-order chi connectivity index (χ1) is 10.7. The number of benzene rings is 2. The summed E-state index contributed by atoms with van der Waals surface area (Å²) in [4.78, 5) is 10.2. The summed E-state index contributed by atoms with van der Waals surface area (Å²) < 4.78 is 11.4. The third kappa shape index (κ3) is 5.14. The van der Waals surface area contributed by atoms with Crippen LogP contribution in [0.15, 0.2) is 42.5 Å². The van der Waals surface area contributed by atoms with E-state index < -0.39 is 4.92 Å². The fourth-order valence-electron chi connectivity index (χ4n) is 1.74. The van der Waals surface area contributed by atoms with E-state index >= 15 is 0 Å². The topological polar surface area (TPSA) is 61.6 Å². The molecule has 0 fully saturated rings. The van der Waals surface area contributed by atoms with Crippen molar-refractivity contribution in [3.63, 3.8) is 0 Å². The molecule has 0 aliphatic heterocycles. The number of halogens is 1. The standard InChI is InChI=1S/C17H18ClNO4/c1-17(2,3)11-22-13-5-4-6-14(10-13)23-16-8-7-12(19(20)21)9-15(16)18/h4-10H,11H2,1-3H3. The maximum Gasteiger partial charge on any atom is 0.271 e. The fraction of sp³-hybridized carbons (Fsp3) is 0.294. The molecule has 0 atom stereocenters. The molecule has 0 bridgehead atoms. The average Bonchev–Trinajstić information content (AvgIpc) is 2.47. The normalized spacial score (nSPS) is 11.1. The molecule has 0 aromatic heterocycles. The van der Waals surface area contributed by atoms with Crippen LogP contribution in [0.4, 0.5) is 5.69 Å². The molecule has 5 nitrogen and oxygen atoms in total. The Morgan fingerprint density at radius 1 is 1.13 bits per heavy atom. The van der Waals surface area contributed by atoms with Crippen LogP contribution in [0, 0.1) is 15.5 Å². The van der Waals surface area contributed by atoms with Crippen LogP contribution in [0.1, 0.15) is 20.8 Å². The van der Waals surface area contributed by atoms with Crippen molar-refractivity contribution in [3.05, 3.63) is 57.6 Å². The van der Waals surface area contributed by atoms with Crippen molar-refractivity contribution in [2.75, 3.05) is 6.61 Å². The van der Waals surface area contributed by atoms with Crippen LogP contribution in [0.3, 0.4) is 0 Å². The highest BCUT2D eigenvalue weighted by molar-refractivity contribution is 6.32. The van der Waals surface area contributed by atoms with Gasteiger partial charge in [0.15, 0.2) is 0 Å². The summed E-state index contributed by atoms with van der Waals surface area (Å²) in [7, 11) is 0. The predicted octanol–water partition coefficient (Wildman–Crippen LogP) is 5.47. The SMILES string of the molecule is CC(C)(C)COc1cccc(Oc2ccc([N+](=O)[O-])cc2Cl)c1. The summed E-state index contributed by atoms with van der Waals surface area (Å²) in [5.74, 6) is 1.59. The van der Waals surface area contributed by atoms with Gasteiger partial charge in [-0.1, -0.05) is 38.4 Å². The number of hydrogen-bond donors (Lipinski definition) is 0. The molecular weight excluding hydrogens is 318 g/mol. The van der Waals surface area contributed by atoms with E-state index in [1.54, 1.807) is 12.1 Å². The minimum Gasteiger partial charge on any atom is -0.493 e. The largest absolute Gasteiger partial charge is 0.493 e. The molecule has 2 aromatic carbocycles. The summed E-state index contributed by atoms with van der Waals surface area (Å²) >= 11 is 6.02. The molecule has 122 valence electrons. The number of nitro groups is 1. The van der Waals surface area contributed by atoms with E-state index in [1.807, 2.05) is 12.1 Å². The van der Waals surface area contributed by atoms with Crippen LogP contribution in [-0.4, -0.2) is 11.5 Å². The lowest BCUT2D eigenvalue weighted by Gasteiger charge is -2.19. The summed E-state index contributed by atoms with van der Waals surface area (Å²) in [6, 6.07) is 11.3. The first-order valence-corrected chi connectivity index (χ1v) is 7.47. The molecule has 0 aliphatic carbocycles. The Morgan fingerprint density at radius 2 is 1.83 bits per heavy atom. The van der Waals surface area contributed by atoms with Crippen molar-refractivity contribution in [3.8, 4) is 17.2 Å². The molecular formula is C17H18ClNO4. The Kier molecular flexibility index (Phi) is 5.11. The number of hydrogen-bond acceptors (Lipinski definition) is 4. The summed E-state index contributed by atoms with van der Waals surface area (Å²) in [6.45, 7) is 6.84. The molecule has 0 aliphatic rings. The van der Waals surface area contributed by atoms with Crippen LogP contribution in [-0.2, 0) is 0 Å². The molecule has 0 saturated heterocycles. The van der Waals surface area contributed by atoms with Gasteiger partial charge in [0.1, 0.15) is 17.2 Å². The molecule has 0 amide bonds. The molecule has 2 aromatic rings. The Hall–Kier alpha value is -2.27. The van der Waals surface area contributed by atoms with Crippen LogP contribution in [0.2, 0.25) is 5.02 Å². The summed E-state index contributed by atoms with van der Waals surface area (Å²) in [5.41, 5.74) is -0.0250. The predicted molar refractivity (Wildman–Crippen MR) is 89.6 cm³/mol. The lowest BCUT2D eigenvalue weighted by molar-refractivity contribution is -0.384. The lowest BCUT2D eigenvalue weighted by atomic mass is 9.99. The molecule has 0 spiro atoms. The van der Waals surface area contributed by atoms with Gasteiger partial charge in [0.2, 0.25) is 0 Å². The molecule has 0 saturated carbocycles. The number of ether oxygens (including phenoxy) is 2. The number of rotatable bonds is 5. The zero-order valence-electron chi connectivity index (χ0n) is 13.2. The second-order valence-corrected chi connectivity index (χ2v) is 6.71. The fourth-order valence-corrected chi connectivity index (χ4v) is 1.95. The summed E-state index contributed by atoms with van der Waals surface area (Å²) in [5, 5.41) is 10.9.